The highest BCUT2D eigenvalue weighted by molar-refractivity contribution is 7.92. The highest BCUT2D eigenvalue weighted by Gasteiger charge is 2.34. The van der Waals surface area contributed by atoms with Gasteiger partial charge in [0.1, 0.15) is 18.3 Å². The summed E-state index contributed by atoms with van der Waals surface area (Å²) in [5, 5.41) is 3.92. The maximum atomic E-state index is 14.5. The fraction of sp³-hybridized carbons (Fsp3) is 0.257. The van der Waals surface area contributed by atoms with E-state index in [-0.39, 0.29) is 29.5 Å². The van der Waals surface area contributed by atoms with Crippen LogP contribution in [0.3, 0.4) is 0 Å². The van der Waals surface area contributed by atoms with Crippen LogP contribution in [0.2, 0.25) is 10.0 Å². The summed E-state index contributed by atoms with van der Waals surface area (Å²) in [7, 11) is -2.76. The molecule has 242 valence electrons. The van der Waals surface area contributed by atoms with Gasteiger partial charge in [-0.1, -0.05) is 79.0 Å². The van der Waals surface area contributed by atoms with E-state index in [1.807, 2.05) is 37.3 Å². The fourth-order valence-electron chi connectivity index (χ4n) is 4.86. The second-order valence-electron chi connectivity index (χ2n) is 10.7. The van der Waals surface area contributed by atoms with E-state index in [0.717, 1.165) is 28.3 Å². The Morgan fingerprint density at radius 2 is 1.43 bits per heavy atom. The van der Waals surface area contributed by atoms with Crippen molar-refractivity contribution in [3.8, 4) is 5.75 Å². The molecule has 0 radical (unpaired) electrons. The largest absolute Gasteiger partial charge is 0.497 e. The van der Waals surface area contributed by atoms with E-state index in [1.165, 1.54) is 36.3 Å². The number of amides is 2. The third-order valence-electron chi connectivity index (χ3n) is 7.41. The first-order chi connectivity index (χ1) is 22.1. The van der Waals surface area contributed by atoms with Crippen molar-refractivity contribution in [2.45, 2.75) is 43.7 Å². The van der Waals surface area contributed by atoms with Gasteiger partial charge in [-0.05, 0) is 78.2 Å². The molecule has 0 saturated heterocycles. The number of benzene rings is 4. The number of hydrogen-bond acceptors (Lipinski definition) is 5. The molecule has 1 unspecified atom stereocenters. The van der Waals surface area contributed by atoms with Gasteiger partial charge >= 0.3 is 0 Å². The molecule has 0 heterocycles. The molecule has 0 aliphatic rings. The van der Waals surface area contributed by atoms with E-state index in [0.29, 0.717) is 22.3 Å². The number of rotatable bonds is 15. The molecular formula is C35H37Cl2N3O5S. The summed E-state index contributed by atoms with van der Waals surface area (Å²) in [6.07, 6.45) is 1.89. The number of sulfonamides is 1. The van der Waals surface area contributed by atoms with Crippen LogP contribution in [0.25, 0.3) is 0 Å². The van der Waals surface area contributed by atoms with Crippen molar-refractivity contribution in [2.75, 3.05) is 24.5 Å². The summed E-state index contributed by atoms with van der Waals surface area (Å²) in [6.45, 7) is 1.95. The fourth-order valence-corrected chi connectivity index (χ4v) is 6.52. The number of ether oxygens (including phenoxy) is 1. The smallest absolute Gasteiger partial charge is 0.264 e. The van der Waals surface area contributed by atoms with Crippen molar-refractivity contribution < 1.29 is 22.7 Å². The molecule has 0 aliphatic carbocycles. The lowest BCUT2D eigenvalue weighted by atomic mass is 10.0. The van der Waals surface area contributed by atoms with E-state index >= 15 is 0 Å². The lowest BCUT2D eigenvalue weighted by Crippen LogP contribution is -2.53. The number of methoxy groups -OCH3 is 1. The Morgan fingerprint density at radius 3 is 2.02 bits per heavy atom. The SMILES string of the molecule is CCCCNC(=O)C(Cc1ccccc1)N(Cc1ccc(Cl)cc1)C(=O)CN(c1ccc(Cl)cc1)S(=O)(=O)c1ccc(OC)cc1. The summed E-state index contributed by atoms with van der Waals surface area (Å²) in [5.41, 5.74) is 1.83. The zero-order valence-corrected chi connectivity index (χ0v) is 28.1. The second-order valence-corrected chi connectivity index (χ2v) is 13.4. The van der Waals surface area contributed by atoms with Gasteiger partial charge in [-0.25, -0.2) is 8.42 Å². The lowest BCUT2D eigenvalue weighted by Gasteiger charge is -2.34. The van der Waals surface area contributed by atoms with Gasteiger partial charge < -0.3 is 15.0 Å². The van der Waals surface area contributed by atoms with Crippen LogP contribution in [0.5, 0.6) is 5.75 Å². The van der Waals surface area contributed by atoms with Gasteiger partial charge in [-0.2, -0.15) is 0 Å². The summed E-state index contributed by atoms with van der Waals surface area (Å²) in [6, 6.07) is 27.6. The second kappa shape index (κ2) is 16.5. The molecule has 0 saturated carbocycles. The molecule has 1 atom stereocenters. The molecule has 0 fully saturated rings. The minimum absolute atomic E-state index is 0.0292. The number of unbranched alkanes of at least 4 members (excludes halogenated alkanes) is 1. The number of carbonyl (C=O) groups is 2. The van der Waals surface area contributed by atoms with Crippen LogP contribution < -0.4 is 14.4 Å². The van der Waals surface area contributed by atoms with E-state index in [1.54, 1.807) is 48.5 Å². The molecule has 4 aromatic rings. The molecule has 0 bridgehead atoms. The molecule has 0 spiro atoms. The van der Waals surface area contributed by atoms with Crippen LogP contribution in [-0.4, -0.2) is 51.4 Å². The average Bonchev–Trinajstić information content (AvgIpc) is 3.07. The molecule has 0 aliphatic heterocycles. The number of halogens is 2. The van der Waals surface area contributed by atoms with Crippen LogP contribution in [0, 0.1) is 0 Å². The zero-order valence-electron chi connectivity index (χ0n) is 25.7. The highest BCUT2D eigenvalue weighted by Crippen LogP contribution is 2.27. The normalized spacial score (nSPS) is 11.8. The summed E-state index contributed by atoms with van der Waals surface area (Å²) in [5.74, 6) is -0.399. The van der Waals surface area contributed by atoms with Crippen LogP contribution in [0.1, 0.15) is 30.9 Å². The third-order valence-corrected chi connectivity index (χ3v) is 9.70. The quantitative estimate of drug-likeness (QED) is 0.140. The summed E-state index contributed by atoms with van der Waals surface area (Å²) in [4.78, 5) is 29.7. The van der Waals surface area contributed by atoms with Crippen molar-refractivity contribution in [1.29, 1.82) is 0 Å². The number of anilines is 1. The first-order valence-electron chi connectivity index (χ1n) is 14.9. The van der Waals surface area contributed by atoms with Crippen molar-refractivity contribution in [1.82, 2.24) is 10.2 Å². The van der Waals surface area contributed by atoms with Crippen molar-refractivity contribution in [2.24, 2.45) is 0 Å². The van der Waals surface area contributed by atoms with Crippen molar-refractivity contribution in [3.05, 3.63) is 124 Å². The monoisotopic (exact) mass is 681 g/mol. The predicted octanol–water partition coefficient (Wildman–Crippen LogP) is 6.75. The summed E-state index contributed by atoms with van der Waals surface area (Å²) >= 11 is 12.3. The maximum absolute atomic E-state index is 14.5. The van der Waals surface area contributed by atoms with E-state index < -0.39 is 28.5 Å². The minimum Gasteiger partial charge on any atom is -0.497 e. The van der Waals surface area contributed by atoms with Gasteiger partial charge in [0, 0.05) is 29.6 Å². The number of carbonyl (C=O) groups excluding carboxylic acids is 2. The van der Waals surface area contributed by atoms with Gasteiger partial charge in [0.2, 0.25) is 11.8 Å². The third kappa shape index (κ3) is 9.25. The van der Waals surface area contributed by atoms with Gasteiger partial charge in [0.25, 0.3) is 10.0 Å². The van der Waals surface area contributed by atoms with E-state index in [2.05, 4.69) is 5.32 Å². The molecular weight excluding hydrogens is 645 g/mol. The van der Waals surface area contributed by atoms with Crippen LogP contribution >= 0.6 is 23.2 Å². The number of hydrogen-bond donors (Lipinski definition) is 1. The molecule has 4 rings (SSSR count). The Bertz CT molecular complexity index is 1690. The van der Waals surface area contributed by atoms with Crippen LogP contribution in [0.4, 0.5) is 5.69 Å². The molecule has 4 aromatic carbocycles. The topological polar surface area (TPSA) is 96.0 Å². The van der Waals surface area contributed by atoms with Crippen LogP contribution in [-0.2, 0) is 32.6 Å². The molecule has 1 N–H and O–H groups in total. The molecule has 2 amide bonds. The van der Waals surface area contributed by atoms with Gasteiger partial charge in [0.05, 0.1) is 17.7 Å². The van der Waals surface area contributed by atoms with Crippen molar-refractivity contribution >= 4 is 50.7 Å². The molecule has 46 heavy (non-hydrogen) atoms. The van der Waals surface area contributed by atoms with Gasteiger partial charge in [-0.15, -0.1) is 0 Å². The first-order valence-corrected chi connectivity index (χ1v) is 17.1. The summed E-state index contributed by atoms with van der Waals surface area (Å²) < 4.78 is 34.5. The van der Waals surface area contributed by atoms with E-state index in [4.69, 9.17) is 27.9 Å². The Hall–Kier alpha value is -4.05. The van der Waals surface area contributed by atoms with E-state index in [9.17, 15) is 18.0 Å². The standard InChI is InChI=1S/C35H37Cl2N3O5S/c1-3-4-22-38-35(42)33(23-26-8-6-5-7-9-26)39(24-27-10-12-28(36)13-11-27)34(41)25-40(30-16-14-29(37)15-17-30)46(43,44)32-20-18-31(45-2)19-21-32/h5-21,33H,3-4,22-25H2,1-2H3,(H,38,42). The lowest BCUT2D eigenvalue weighted by molar-refractivity contribution is -0.140. The molecule has 8 nitrogen and oxygen atoms in total. The minimum atomic E-state index is -4.25. The predicted molar refractivity (Wildman–Crippen MR) is 183 cm³/mol. The number of nitrogens with one attached hydrogen (secondary N) is 1. The van der Waals surface area contributed by atoms with Gasteiger partial charge in [-0.3, -0.25) is 13.9 Å². The highest BCUT2D eigenvalue weighted by atomic mass is 35.5. The molecule has 11 heteroatoms. The maximum Gasteiger partial charge on any atom is 0.264 e. The van der Waals surface area contributed by atoms with Crippen molar-refractivity contribution in [3.63, 3.8) is 0 Å². The molecule has 0 aromatic heterocycles. The Labute approximate surface area is 280 Å². The first kappa shape index (κ1) is 34.8. The average molecular weight is 683 g/mol. The van der Waals surface area contributed by atoms with Gasteiger partial charge in [0.15, 0.2) is 0 Å². The Morgan fingerprint density at radius 1 is 0.826 bits per heavy atom. The zero-order chi connectivity index (χ0) is 33.1. The number of nitrogens with zero attached hydrogens (tertiary/aromatic N) is 2. The Kier molecular flexibility index (Phi) is 12.5. The van der Waals surface area contributed by atoms with Crippen LogP contribution in [0.15, 0.2) is 108 Å². The Balaban J connectivity index is 1.78.